The summed E-state index contributed by atoms with van der Waals surface area (Å²) >= 11 is 0. The van der Waals surface area contributed by atoms with Crippen LogP contribution < -0.4 is 9.47 Å². The lowest BCUT2D eigenvalue weighted by Crippen LogP contribution is -2.26. The number of rotatable bonds is 8. The highest BCUT2D eigenvalue weighted by molar-refractivity contribution is 5.74. The first kappa shape index (κ1) is 19.5. The maximum absolute atomic E-state index is 12.3. The van der Waals surface area contributed by atoms with Crippen molar-refractivity contribution in [2.75, 3.05) is 34.9 Å². The van der Waals surface area contributed by atoms with Crippen molar-refractivity contribution in [3.63, 3.8) is 0 Å². The van der Waals surface area contributed by atoms with E-state index in [0.717, 1.165) is 18.4 Å². The SMILES string of the molecule is COCOc1ccc(OCOC)c([C@H]2[C@@H](C(=O)OC)CCC2(C)C)c1. The van der Waals surface area contributed by atoms with Gasteiger partial charge in [-0.15, -0.1) is 0 Å². The molecule has 25 heavy (non-hydrogen) atoms. The minimum Gasteiger partial charge on any atom is -0.469 e. The van der Waals surface area contributed by atoms with E-state index in [2.05, 4.69) is 13.8 Å². The Morgan fingerprint density at radius 3 is 2.44 bits per heavy atom. The Kier molecular flexibility index (Phi) is 6.67. The molecule has 1 saturated carbocycles. The Morgan fingerprint density at radius 1 is 1.12 bits per heavy atom. The van der Waals surface area contributed by atoms with Crippen molar-refractivity contribution in [1.82, 2.24) is 0 Å². The van der Waals surface area contributed by atoms with Gasteiger partial charge in [0.2, 0.25) is 0 Å². The Labute approximate surface area is 149 Å². The Bertz CT molecular complexity index is 583. The van der Waals surface area contributed by atoms with E-state index in [9.17, 15) is 4.79 Å². The summed E-state index contributed by atoms with van der Waals surface area (Å²) in [7, 11) is 4.59. The molecule has 0 amide bonds. The van der Waals surface area contributed by atoms with Gasteiger partial charge in [0.05, 0.1) is 13.0 Å². The van der Waals surface area contributed by atoms with E-state index in [0.29, 0.717) is 11.5 Å². The average molecular weight is 352 g/mol. The van der Waals surface area contributed by atoms with Crippen LogP contribution >= 0.6 is 0 Å². The number of methoxy groups -OCH3 is 3. The Balaban J connectivity index is 2.44. The first-order valence-electron chi connectivity index (χ1n) is 8.40. The fourth-order valence-electron chi connectivity index (χ4n) is 3.68. The molecule has 0 bridgehead atoms. The van der Waals surface area contributed by atoms with Crippen LogP contribution in [0.1, 0.15) is 38.2 Å². The molecule has 0 N–H and O–H groups in total. The van der Waals surface area contributed by atoms with Gasteiger partial charge in [0.1, 0.15) is 11.5 Å². The van der Waals surface area contributed by atoms with Gasteiger partial charge < -0.3 is 23.7 Å². The predicted molar refractivity (Wildman–Crippen MR) is 92.7 cm³/mol. The van der Waals surface area contributed by atoms with Crippen LogP contribution in [0.15, 0.2) is 18.2 Å². The summed E-state index contributed by atoms with van der Waals surface area (Å²) in [6, 6.07) is 5.60. The zero-order chi connectivity index (χ0) is 18.4. The molecular weight excluding hydrogens is 324 g/mol. The van der Waals surface area contributed by atoms with Gasteiger partial charge >= 0.3 is 5.97 Å². The third kappa shape index (κ3) is 4.44. The molecule has 140 valence electrons. The standard InChI is InChI=1S/C19H28O6/c1-19(2)9-8-14(18(20)23-5)17(19)15-10-13(24-11-21-3)6-7-16(15)25-12-22-4/h6-7,10,14,17H,8-9,11-12H2,1-5H3/t14-,17+/m0/s1. The van der Waals surface area contributed by atoms with Crippen molar-refractivity contribution in [3.05, 3.63) is 23.8 Å². The van der Waals surface area contributed by atoms with Gasteiger partial charge in [-0.05, 0) is 36.5 Å². The van der Waals surface area contributed by atoms with Crippen LogP contribution in [0.2, 0.25) is 0 Å². The number of benzene rings is 1. The molecule has 0 heterocycles. The third-order valence-corrected chi connectivity index (χ3v) is 4.84. The summed E-state index contributed by atoms with van der Waals surface area (Å²) in [5.74, 6) is 0.949. The molecule has 1 aliphatic carbocycles. The normalized spacial score (nSPS) is 21.8. The van der Waals surface area contributed by atoms with E-state index >= 15 is 0 Å². The van der Waals surface area contributed by atoms with Crippen molar-refractivity contribution in [3.8, 4) is 11.5 Å². The van der Waals surface area contributed by atoms with Gasteiger partial charge in [0, 0.05) is 25.7 Å². The van der Waals surface area contributed by atoms with E-state index in [1.54, 1.807) is 14.2 Å². The van der Waals surface area contributed by atoms with Gasteiger partial charge in [-0.25, -0.2) is 0 Å². The molecule has 6 heteroatoms. The van der Waals surface area contributed by atoms with Crippen LogP contribution in [-0.2, 0) is 19.0 Å². The van der Waals surface area contributed by atoms with E-state index in [1.807, 2.05) is 18.2 Å². The molecule has 2 atom stereocenters. The van der Waals surface area contributed by atoms with Crippen molar-refractivity contribution >= 4 is 5.97 Å². The van der Waals surface area contributed by atoms with Crippen molar-refractivity contribution in [1.29, 1.82) is 0 Å². The molecule has 0 unspecified atom stereocenters. The topological polar surface area (TPSA) is 63.2 Å². The lowest BCUT2D eigenvalue weighted by molar-refractivity contribution is -0.146. The maximum atomic E-state index is 12.3. The van der Waals surface area contributed by atoms with Gasteiger partial charge in [0.25, 0.3) is 0 Å². The predicted octanol–water partition coefficient (Wildman–Crippen LogP) is 3.34. The average Bonchev–Trinajstić information content (AvgIpc) is 2.92. The molecule has 2 rings (SSSR count). The highest BCUT2D eigenvalue weighted by Crippen LogP contribution is 2.55. The monoisotopic (exact) mass is 352 g/mol. The van der Waals surface area contributed by atoms with E-state index in [1.165, 1.54) is 7.11 Å². The van der Waals surface area contributed by atoms with Gasteiger partial charge in [-0.1, -0.05) is 13.8 Å². The summed E-state index contributed by atoms with van der Waals surface area (Å²) in [5, 5.41) is 0. The molecule has 1 aromatic rings. The van der Waals surface area contributed by atoms with Gasteiger partial charge in [0.15, 0.2) is 13.6 Å². The highest BCUT2D eigenvalue weighted by Gasteiger charge is 2.47. The molecule has 6 nitrogen and oxygen atoms in total. The maximum Gasteiger partial charge on any atom is 0.309 e. The molecule has 0 spiro atoms. The number of hydrogen-bond acceptors (Lipinski definition) is 6. The highest BCUT2D eigenvalue weighted by atomic mass is 16.7. The Hall–Kier alpha value is -1.79. The molecule has 0 saturated heterocycles. The van der Waals surface area contributed by atoms with Crippen LogP contribution in [0.3, 0.4) is 0 Å². The number of carbonyl (C=O) groups excluding carboxylic acids is 1. The minimum atomic E-state index is -0.206. The molecule has 0 aliphatic heterocycles. The smallest absolute Gasteiger partial charge is 0.309 e. The Morgan fingerprint density at radius 2 is 1.80 bits per heavy atom. The summed E-state index contributed by atoms with van der Waals surface area (Å²) in [6.07, 6.45) is 1.72. The lowest BCUT2D eigenvalue weighted by atomic mass is 9.74. The fourth-order valence-corrected chi connectivity index (χ4v) is 3.68. The molecule has 0 aromatic heterocycles. The molecule has 1 aromatic carbocycles. The van der Waals surface area contributed by atoms with Crippen molar-refractivity contribution in [2.45, 2.75) is 32.6 Å². The van der Waals surface area contributed by atoms with E-state index in [4.69, 9.17) is 23.7 Å². The minimum absolute atomic E-state index is 0.0297. The zero-order valence-corrected chi connectivity index (χ0v) is 15.7. The molecule has 1 fully saturated rings. The molecule has 1 aliphatic rings. The van der Waals surface area contributed by atoms with Crippen LogP contribution in [0.4, 0.5) is 0 Å². The van der Waals surface area contributed by atoms with Crippen LogP contribution in [0, 0.1) is 11.3 Å². The number of esters is 1. The fraction of sp³-hybridized carbons (Fsp3) is 0.632. The largest absolute Gasteiger partial charge is 0.469 e. The second-order valence-corrected chi connectivity index (χ2v) is 6.94. The lowest BCUT2D eigenvalue weighted by Gasteiger charge is -2.31. The second-order valence-electron chi connectivity index (χ2n) is 6.94. The van der Waals surface area contributed by atoms with E-state index in [-0.39, 0.29) is 36.8 Å². The second kappa shape index (κ2) is 8.54. The summed E-state index contributed by atoms with van der Waals surface area (Å²) in [5.41, 5.74) is 0.868. The quantitative estimate of drug-likeness (QED) is 0.528. The summed E-state index contributed by atoms with van der Waals surface area (Å²) in [6.45, 7) is 4.64. The van der Waals surface area contributed by atoms with Crippen LogP contribution in [-0.4, -0.2) is 40.9 Å². The number of carbonyl (C=O) groups is 1. The molecule has 0 radical (unpaired) electrons. The number of hydrogen-bond donors (Lipinski definition) is 0. The molecular formula is C19H28O6. The first-order valence-corrected chi connectivity index (χ1v) is 8.40. The van der Waals surface area contributed by atoms with Gasteiger partial charge in [-0.3, -0.25) is 4.79 Å². The van der Waals surface area contributed by atoms with Crippen molar-refractivity contribution in [2.24, 2.45) is 11.3 Å². The number of ether oxygens (including phenoxy) is 5. The van der Waals surface area contributed by atoms with E-state index < -0.39 is 0 Å². The zero-order valence-electron chi connectivity index (χ0n) is 15.7. The third-order valence-electron chi connectivity index (χ3n) is 4.84. The van der Waals surface area contributed by atoms with Gasteiger partial charge in [-0.2, -0.15) is 0 Å². The van der Waals surface area contributed by atoms with Crippen LogP contribution in [0.25, 0.3) is 0 Å². The van der Waals surface area contributed by atoms with Crippen LogP contribution in [0.5, 0.6) is 11.5 Å². The summed E-state index contributed by atoms with van der Waals surface area (Å²) in [4.78, 5) is 12.3. The first-order chi connectivity index (χ1) is 11.9. The summed E-state index contributed by atoms with van der Waals surface area (Å²) < 4.78 is 26.4. The van der Waals surface area contributed by atoms with Crippen molar-refractivity contribution < 1.29 is 28.5 Å².